The molecule has 0 aliphatic rings. The van der Waals surface area contributed by atoms with E-state index in [1.54, 1.807) is 27.8 Å². The minimum atomic E-state index is 0.738. The molecule has 0 bridgehead atoms. The van der Waals surface area contributed by atoms with E-state index >= 15 is 0 Å². The van der Waals surface area contributed by atoms with Crippen molar-refractivity contribution in [2.75, 3.05) is 0 Å². The summed E-state index contributed by atoms with van der Waals surface area (Å²) in [6.07, 6.45) is 4.05. The number of aromatic nitrogens is 6. The van der Waals surface area contributed by atoms with Crippen molar-refractivity contribution in [1.29, 1.82) is 0 Å². The van der Waals surface area contributed by atoms with E-state index in [9.17, 15) is 0 Å². The average molecular weight is 314 g/mol. The lowest BCUT2D eigenvalue weighted by atomic mass is 10.3. The van der Waals surface area contributed by atoms with E-state index in [1.165, 1.54) is 0 Å². The molecule has 0 radical (unpaired) electrons. The molecule has 0 fully saturated rings. The number of rotatable bonds is 4. The highest BCUT2D eigenvalue weighted by molar-refractivity contribution is 7.98. The van der Waals surface area contributed by atoms with Gasteiger partial charge in [0.25, 0.3) is 0 Å². The molecule has 0 atom stereocenters. The van der Waals surface area contributed by atoms with Gasteiger partial charge in [-0.05, 0) is 22.6 Å². The Hall–Kier alpha value is -2.19. The number of hydrogen-bond acceptors (Lipinski definition) is 6. The van der Waals surface area contributed by atoms with E-state index < -0.39 is 0 Å². The lowest BCUT2D eigenvalue weighted by Crippen LogP contribution is -1.98. The Balaban J connectivity index is 1.55. The third-order valence-corrected chi connectivity index (χ3v) is 4.66. The normalized spacial score (nSPS) is 11.2. The fraction of sp³-hybridized carbons (Fsp3) is 0.0769. The van der Waals surface area contributed by atoms with Crippen molar-refractivity contribution in [2.24, 2.45) is 0 Å². The highest BCUT2D eigenvalue weighted by Gasteiger charge is 2.10. The third kappa shape index (κ3) is 2.43. The van der Waals surface area contributed by atoms with Crippen LogP contribution in [0.1, 0.15) is 5.69 Å². The summed E-state index contributed by atoms with van der Waals surface area (Å²) in [7, 11) is 0. The number of fused-ring (bicyclic) bond motifs is 1. The van der Waals surface area contributed by atoms with Crippen LogP contribution in [-0.2, 0) is 5.75 Å². The molecule has 8 heteroatoms. The second-order valence-corrected chi connectivity index (χ2v) is 6.14. The Morgan fingerprint density at radius 1 is 1.19 bits per heavy atom. The molecule has 6 nitrogen and oxygen atoms in total. The van der Waals surface area contributed by atoms with Crippen LogP contribution in [0.3, 0.4) is 0 Å². The molecule has 0 aliphatic heterocycles. The van der Waals surface area contributed by atoms with Crippen molar-refractivity contribution in [2.45, 2.75) is 10.9 Å². The maximum Gasteiger partial charge on any atom is 0.214 e. The second-order valence-electron chi connectivity index (χ2n) is 4.32. The molecule has 4 rings (SSSR count). The molecule has 0 N–H and O–H groups in total. The molecule has 0 saturated heterocycles. The first-order valence-corrected chi connectivity index (χ1v) is 8.14. The van der Waals surface area contributed by atoms with Crippen molar-refractivity contribution in [3.05, 3.63) is 53.8 Å². The fourth-order valence-electron chi connectivity index (χ4n) is 1.98. The highest BCUT2D eigenvalue weighted by atomic mass is 32.2. The Labute approximate surface area is 128 Å². The monoisotopic (exact) mass is 314 g/mol. The van der Waals surface area contributed by atoms with Gasteiger partial charge in [0.2, 0.25) is 5.16 Å². The zero-order chi connectivity index (χ0) is 14.1. The van der Waals surface area contributed by atoms with Crippen LogP contribution in [0.2, 0.25) is 0 Å². The number of para-hydroxylation sites is 1. The molecular weight excluding hydrogens is 304 g/mol. The van der Waals surface area contributed by atoms with Crippen molar-refractivity contribution in [1.82, 2.24) is 29.6 Å². The lowest BCUT2D eigenvalue weighted by Gasteiger charge is -2.02. The van der Waals surface area contributed by atoms with Gasteiger partial charge in [0.15, 0.2) is 4.96 Å². The minimum absolute atomic E-state index is 0.738. The van der Waals surface area contributed by atoms with E-state index in [-0.39, 0.29) is 0 Å². The summed E-state index contributed by atoms with van der Waals surface area (Å²) in [4.78, 5) is 5.57. The van der Waals surface area contributed by atoms with Crippen LogP contribution in [0.15, 0.2) is 53.3 Å². The van der Waals surface area contributed by atoms with Crippen molar-refractivity contribution in [3.8, 4) is 5.69 Å². The van der Waals surface area contributed by atoms with Crippen LogP contribution >= 0.6 is 23.1 Å². The third-order valence-electron chi connectivity index (χ3n) is 2.93. The number of thioether (sulfide) groups is 1. The van der Waals surface area contributed by atoms with Crippen molar-refractivity contribution in [3.63, 3.8) is 0 Å². The molecule has 1 aromatic carbocycles. The number of benzene rings is 1. The zero-order valence-electron chi connectivity index (χ0n) is 10.8. The first-order valence-electron chi connectivity index (χ1n) is 6.28. The molecule has 3 aromatic heterocycles. The van der Waals surface area contributed by atoms with Crippen LogP contribution in [0.5, 0.6) is 0 Å². The van der Waals surface area contributed by atoms with Crippen LogP contribution < -0.4 is 0 Å². The van der Waals surface area contributed by atoms with Crippen molar-refractivity contribution >= 4 is 28.1 Å². The number of imidazole rings is 1. The van der Waals surface area contributed by atoms with E-state index in [1.807, 2.05) is 52.5 Å². The predicted molar refractivity (Wildman–Crippen MR) is 81.8 cm³/mol. The Morgan fingerprint density at radius 3 is 2.95 bits per heavy atom. The molecule has 0 aliphatic carbocycles. The van der Waals surface area contributed by atoms with Gasteiger partial charge < -0.3 is 0 Å². The maximum atomic E-state index is 4.56. The van der Waals surface area contributed by atoms with Gasteiger partial charge in [0.1, 0.15) is 0 Å². The molecule has 21 heavy (non-hydrogen) atoms. The number of hydrogen-bond donors (Lipinski definition) is 0. The van der Waals surface area contributed by atoms with E-state index in [0.29, 0.717) is 0 Å². The summed E-state index contributed by atoms with van der Waals surface area (Å²) in [6, 6.07) is 9.86. The average Bonchev–Trinajstić information content (AvgIpc) is 3.21. The minimum Gasteiger partial charge on any atom is -0.297 e. The van der Waals surface area contributed by atoms with Gasteiger partial charge in [-0.1, -0.05) is 30.0 Å². The second kappa shape index (κ2) is 5.30. The van der Waals surface area contributed by atoms with E-state index in [0.717, 1.165) is 27.3 Å². The Morgan fingerprint density at radius 2 is 2.10 bits per heavy atom. The van der Waals surface area contributed by atoms with Gasteiger partial charge in [0.05, 0.1) is 11.4 Å². The van der Waals surface area contributed by atoms with Gasteiger partial charge in [-0.15, -0.1) is 16.4 Å². The summed E-state index contributed by atoms with van der Waals surface area (Å²) in [5.41, 5.74) is 1.98. The molecule has 0 unspecified atom stereocenters. The Bertz CT molecular complexity index is 834. The SMILES string of the molecule is c1ccc(-n2nnnc2SCc2cn3ccsc3n2)cc1. The fourth-order valence-corrected chi connectivity index (χ4v) is 3.48. The molecule has 4 aromatic rings. The first-order chi connectivity index (χ1) is 10.4. The van der Waals surface area contributed by atoms with Crippen LogP contribution in [0, 0.1) is 0 Å². The first kappa shape index (κ1) is 12.5. The van der Waals surface area contributed by atoms with Crippen LogP contribution in [-0.4, -0.2) is 29.6 Å². The quantitative estimate of drug-likeness (QED) is 0.542. The molecule has 3 heterocycles. The van der Waals surface area contributed by atoms with E-state index in [2.05, 4.69) is 20.5 Å². The number of tetrazole rings is 1. The van der Waals surface area contributed by atoms with Crippen molar-refractivity contribution < 1.29 is 0 Å². The predicted octanol–water partition coefficient (Wildman–Crippen LogP) is 2.66. The smallest absolute Gasteiger partial charge is 0.214 e. The summed E-state index contributed by atoms with van der Waals surface area (Å²) in [6.45, 7) is 0. The van der Waals surface area contributed by atoms with Gasteiger partial charge in [-0.2, -0.15) is 4.68 Å². The molecule has 0 saturated carbocycles. The van der Waals surface area contributed by atoms with Gasteiger partial charge in [-0.3, -0.25) is 4.40 Å². The lowest BCUT2D eigenvalue weighted by molar-refractivity contribution is 0.756. The van der Waals surface area contributed by atoms with Gasteiger partial charge in [-0.25, -0.2) is 4.98 Å². The zero-order valence-corrected chi connectivity index (χ0v) is 12.5. The van der Waals surface area contributed by atoms with Crippen LogP contribution in [0.4, 0.5) is 0 Å². The number of thiazole rings is 1. The van der Waals surface area contributed by atoms with E-state index in [4.69, 9.17) is 0 Å². The summed E-state index contributed by atoms with van der Waals surface area (Å²) < 4.78 is 3.77. The topological polar surface area (TPSA) is 60.9 Å². The summed E-state index contributed by atoms with van der Waals surface area (Å²) in [5, 5.41) is 14.7. The highest BCUT2D eigenvalue weighted by Crippen LogP contribution is 2.23. The van der Waals surface area contributed by atoms with Gasteiger partial charge >= 0.3 is 0 Å². The molecule has 104 valence electrons. The molecule has 0 amide bonds. The standard InChI is InChI=1S/C13H10N6S2/c1-2-4-11(5-3-1)19-13(15-16-17-19)21-9-10-8-18-6-7-20-12(18)14-10/h1-8H,9H2. The Kier molecular flexibility index (Phi) is 3.17. The molecular formula is C13H10N6S2. The summed E-state index contributed by atoms with van der Waals surface area (Å²) >= 11 is 3.20. The number of nitrogens with zero attached hydrogens (tertiary/aromatic N) is 6. The van der Waals surface area contributed by atoms with Gasteiger partial charge in [0, 0.05) is 23.5 Å². The maximum absolute atomic E-state index is 4.56. The summed E-state index contributed by atoms with van der Waals surface area (Å²) in [5.74, 6) is 0.738. The van der Waals surface area contributed by atoms with Crippen LogP contribution in [0.25, 0.3) is 10.6 Å². The largest absolute Gasteiger partial charge is 0.297 e. The molecule has 0 spiro atoms.